The van der Waals surface area contributed by atoms with Gasteiger partial charge in [0, 0.05) is 18.8 Å². The van der Waals surface area contributed by atoms with Gasteiger partial charge in [-0.05, 0) is 42.7 Å². The van der Waals surface area contributed by atoms with Gasteiger partial charge in [0.2, 0.25) is 6.79 Å². The number of nitrogens with zero attached hydrogens (tertiary/aromatic N) is 1. The van der Waals surface area contributed by atoms with E-state index in [0.717, 1.165) is 22.9 Å². The summed E-state index contributed by atoms with van der Waals surface area (Å²) in [5, 5.41) is 6.37. The summed E-state index contributed by atoms with van der Waals surface area (Å²) in [6.45, 7) is 0.676. The van der Waals surface area contributed by atoms with Crippen LogP contribution in [0.5, 0.6) is 11.5 Å². The Hall–Kier alpha value is -2.76. The number of rotatable bonds is 5. The van der Waals surface area contributed by atoms with E-state index in [9.17, 15) is 4.79 Å². The first kappa shape index (κ1) is 16.7. The van der Waals surface area contributed by atoms with E-state index in [1.54, 1.807) is 6.20 Å². The molecule has 1 aromatic carbocycles. The number of amides is 1. The average Bonchev–Trinajstić information content (AvgIpc) is 3.15. The molecule has 0 saturated heterocycles. The van der Waals surface area contributed by atoms with Crippen molar-refractivity contribution in [2.75, 3.05) is 12.1 Å². The van der Waals surface area contributed by atoms with E-state index >= 15 is 0 Å². The molecule has 0 spiro atoms. The van der Waals surface area contributed by atoms with Gasteiger partial charge in [0.1, 0.15) is 5.82 Å². The maximum Gasteiger partial charge on any atom is 0.253 e. The van der Waals surface area contributed by atoms with Gasteiger partial charge in [-0.25, -0.2) is 4.98 Å². The van der Waals surface area contributed by atoms with Gasteiger partial charge in [-0.2, -0.15) is 0 Å². The normalized spacial score (nSPS) is 16.3. The first-order valence-corrected chi connectivity index (χ1v) is 9.17. The number of anilines is 1. The standard InChI is InChI=1S/C20H23N3O3/c24-20(22-11-14-6-8-17-18(10-14)26-13-25-17)15-7-9-19(21-12-15)23-16-4-2-1-3-5-16/h6-10,12,16H,1-5,11,13H2,(H,21,23)(H,22,24). The van der Waals surface area contributed by atoms with Crippen molar-refractivity contribution in [3.63, 3.8) is 0 Å². The highest BCUT2D eigenvalue weighted by Gasteiger charge is 2.15. The van der Waals surface area contributed by atoms with Crippen molar-refractivity contribution in [3.8, 4) is 11.5 Å². The zero-order valence-electron chi connectivity index (χ0n) is 14.7. The summed E-state index contributed by atoms with van der Waals surface area (Å²) in [7, 11) is 0. The Morgan fingerprint density at radius 3 is 2.73 bits per heavy atom. The number of hydrogen-bond acceptors (Lipinski definition) is 5. The molecule has 2 aromatic rings. The molecule has 6 heteroatoms. The SMILES string of the molecule is O=C(NCc1ccc2c(c1)OCO2)c1ccc(NC2CCCCC2)nc1. The molecule has 1 aromatic heterocycles. The first-order chi connectivity index (χ1) is 12.8. The van der Waals surface area contributed by atoms with E-state index in [4.69, 9.17) is 9.47 Å². The minimum Gasteiger partial charge on any atom is -0.454 e. The summed E-state index contributed by atoms with van der Waals surface area (Å²) in [6, 6.07) is 9.86. The van der Waals surface area contributed by atoms with Crippen LogP contribution in [-0.2, 0) is 6.54 Å². The van der Waals surface area contributed by atoms with Crippen molar-refractivity contribution in [3.05, 3.63) is 47.7 Å². The highest BCUT2D eigenvalue weighted by atomic mass is 16.7. The smallest absolute Gasteiger partial charge is 0.253 e. The van der Waals surface area contributed by atoms with Crippen LogP contribution in [0.2, 0.25) is 0 Å². The van der Waals surface area contributed by atoms with Gasteiger partial charge in [-0.1, -0.05) is 25.3 Å². The molecule has 1 aliphatic carbocycles. The van der Waals surface area contributed by atoms with E-state index in [1.165, 1.54) is 32.1 Å². The molecule has 1 saturated carbocycles. The molecule has 4 rings (SSSR count). The minimum absolute atomic E-state index is 0.139. The summed E-state index contributed by atoms with van der Waals surface area (Å²) < 4.78 is 10.6. The molecule has 1 aliphatic heterocycles. The fourth-order valence-corrected chi connectivity index (χ4v) is 3.40. The Labute approximate surface area is 152 Å². The number of ether oxygens (including phenoxy) is 2. The maximum absolute atomic E-state index is 12.3. The van der Waals surface area contributed by atoms with Gasteiger partial charge in [0.05, 0.1) is 5.56 Å². The molecule has 0 radical (unpaired) electrons. The summed E-state index contributed by atoms with van der Waals surface area (Å²) >= 11 is 0. The van der Waals surface area contributed by atoms with E-state index < -0.39 is 0 Å². The number of pyridine rings is 1. The summed E-state index contributed by atoms with van der Waals surface area (Å²) in [6.07, 6.45) is 7.89. The largest absolute Gasteiger partial charge is 0.454 e. The minimum atomic E-state index is -0.139. The van der Waals surface area contributed by atoms with Crippen LogP contribution in [-0.4, -0.2) is 23.7 Å². The van der Waals surface area contributed by atoms with Crippen LogP contribution in [0.3, 0.4) is 0 Å². The quantitative estimate of drug-likeness (QED) is 0.861. The Kier molecular flexibility index (Phi) is 4.91. The van der Waals surface area contributed by atoms with Crippen LogP contribution in [0.15, 0.2) is 36.5 Å². The summed E-state index contributed by atoms with van der Waals surface area (Å²) in [4.78, 5) is 16.7. The number of carbonyl (C=O) groups is 1. The summed E-state index contributed by atoms with van der Waals surface area (Å²) in [5.41, 5.74) is 1.52. The Bertz CT molecular complexity index is 770. The number of nitrogens with one attached hydrogen (secondary N) is 2. The highest BCUT2D eigenvalue weighted by molar-refractivity contribution is 5.94. The number of fused-ring (bicyclic) bond motifs is 1. The van der Waals surface area contributed by atoms with Gasteiger partial charge in [0.15, 0.2) is 11.5 Å². The molecule has 1 amide bonds. The molecule has 0 atom stereocenters. The van der Waals surface area contributed by atoms with Gasteiger partial charge in [0.25, 0.3) is 5.91 Å². The highest BCUT2D eigenvalue weighted by Crippen LogP contribution is 2.32. The molecule has 26 heavy (non-hydrogen) atoms. The summed E-state index contributed by atoms with van der Waals surface area (Å²) in [5.74, 6) is 2.16. The number of carbonyl (C=O) groups excluding carboxylic acids is 1. The third-order valence-electron chi connectivity index (χ3n) is 4.87. The fraction of sp³-hybridized carbons (Fsp3) is 0.400. The zero-order valence-corrected chi connectivity index (χ0v) is 14.7. The van der Waals surface area contributed by atoms with Crippen molar-refractivity contribution >= 4 is 11.7 Å². The molecule has 0 bridgehead atoms. The van der Waals surface area contributed by atoms with Gasteiger partial charge >= 0.3 is 0 Å². The Morgan fingerprint density at radius 1 is 1.08 bits per heavy atom. The fourth-order valence-electron chi connectivity index (χ4n) is 3.40. The second-order valence-corrected chi connectivity index (χ2v) is 6.78. The van der Waals surface area contributed by atoms with Gasteiger partial charge in [-0.3, -0.25) is 4.79 Å². The third-order valence-corrected chi connectivity index (χ3v) is 4.87. The predicted octanol–water partition coefficient (Wildman–Crippen LogP) is 3.48. The molecule has 6 nitrogen and oxygen atoms in total. The monoisotopic (exact) mass is 353 g/mol. The van der Waals surface area contributed by atoms with Crippen molar-refractivity contribution < 1.29 is 14.3 Å². The Balaban J connectivity index is 1.31. The number of hydrogen-bond donors (Lipinski definition) is 2. The predicted molar refractivity (Wildman–Crippen MR) is 98.5 cm³/mol. The lowest BCUT2D eigenvalue weighted by molar-refractivity contribution is 0.0950. The molecule has 0 unspecified atom stereocenters. The lowest BCUT2D eigenvalue weighted by Gasteiger charge is -2.23. The van der Waals surface area contributed by atoms with Crippen LogP contribution in [0.4, 0.5) is 5.82 Å². The molecular weight excluding hydrogens is 330 g/mol. The van der Waals surface area contributed by atoms with Gasteiger partial charge < -0.3 is 20.1 Å². The van der Waals surface area contributed by atoms with Crippen molar-refractivity contribution in [1.82, 2.24) is 10.3 Å². The lowest BCUT2D eigenvalue weighted by Crippen LogP contribution is -2.24. The van der Waals surface area contributed by atoms with Crippen molar-refractivity contribution in [2.24, 2.45) is 0 Å². The number of benzene rings is 1. The van der Waals surface area contributed by atoms with E-state index in [-0.39, 0.29) is 12.7 Å². The van der Waals surface area contributed by atoms with E-state index in [0.29, 0.717) is 18.2 Å². The second kappa shape index (κ2) is 7.64. The zero-order chi connectivity index (χ0) is 17.8. The van der Waals surface area contributed by atoms with E-state index in [1.807, 2.05) is 30.3 Å². The molecular formula is C20H23N3O3. The van der Waals surface area contributed by atoms with Crippen LogP contribution in [0.25, 0.3) is 0 Å². The van der Waals surface area contributed by atoms with Crippen LogP contribution >= 0.6 is 0 Å². The second-order valence-electron chi connectivity index (χ2n) is 6.78. The van der Waals surface area contributed by atoms with Crippen molar-refractivity contribution in [1.29, 1.82) is 0 Å². The Morgan fingerprint density at radius 2 is 1.92 bits per heavy atom. The third kappa shape index (κ3) is 3.90. The van der Waals surface area contributed by atoms with Crippen LogP contribution < -0.4 is 20.1 Å². The topological polar surface area (TPSA) is 72.5 Å². The molecule has 2 heterocycles. The molecule has 2 N–H and O–H groups in total. The van der Waals surface area contributed by atoms with Crippen LogP contribution in [0.1, 0.15) is 48.0 Å². The first-order valence-electron chi connectivity index (χ1n) is 9.17. The van der Waals surface area contributed by atoms with Crippen LogP contribution in [0, 0.1) is 0 Å². The van der Waals surface area contributed by atoms with E-state index in [2.05, 4.69) is 15.6 Å². The maximum atomic E-state index is 12.3. The molecule has 1 fully saturated rings. The molecule has 136 valence electrons. The lowest BCUT2D eigenvalue weighted by atomic mass is 9.95. The molecule has 2 aliphatic rings. The van der Waals surface area contributed by atoms with Gasteiger partial charge in [-0.15, -0.1) is 0 Å². The average molecular weight is 353 g/mol. The number of aromatic nitrogens is 1. The van der Waals surface area contributed by atoms with Crippen molar-refractivity contribution in [2.45, 2.75) is 44.7 Å².